The Bertz CT molecular complexity index is 567. The van der Waals surface area contributed by atoms with Gasteiger partial charge in [0.2, 0.25) is 0 Å². The number of hydrogen-bond acceptors (Lipinski definition) is 3. The third-order valence-corrected chi connectivity index (χ3v) is 2.67. The second-order valence-corrected chi connectivity index (χ2v) is 4.14. The van der Waals surface area contributed by atoms with E-state index in [1.54, 1.807) is 6.07 Å². The van der Waals surface area contributed by atoms with Gasteiger partial charge in [-0.25, -0.2) is 9.78 Å². The number of nitrogens with two attached hydrogens (primary N) is 1. The van der Waals surface area contributed by atoms with Gasteiger partial charge in [-0.3, -0.25) is 4.40 Å². The molecule has 0 saturated heterocycles. The lowest BCUT2D eigenvalue weighted by Crippen LogP contribution is -2.02. The molecule has 0 unspecified atom stereocenters. The van der Waals surface area contributed by atoms with Gasteiger partial charge < -0.3 is 10.8 Å². The molecule has 0 aliphatic heterocycles. The standard InChI is InChI=1S/C8H5BrClN3O2/c9-4-1-3(10)2-13-6(11)5(8(14)15)12-7(4)13/h1-2H,11H2,(H,14,15). The molecule has 2 heterocycles. The zero-order chi connectivity index (χ0) is 11.2. The highest BCUT2D eigenvalue weighted by atomic mass is 79.9. The third kappa shape index (κ3) is 1.55. The maximum absolute atomic E-state index is 10.8. The summed E-state index contributed by atoms with van der Waals surface area (Å²) >= 11 is 9.03. The maximum atomic E-state index is 10.8. The van der Waals surface area contributed by atoms with Gasteiger partial charge in [0.25, 0.3) is 0 Å². The molecule has 0 radical (unpaired) electrons. The van der Waals surface area contributed by atoms with Gasteiger partial charge in [0.1, 0.15) is 5.82 Å². The van der Waals surface area contributed by atoms with E-state index in [2.05, 4.69) is 20.9 Å². The number of pyridine rings is 1. The highest BCUT2D eigenvalue weighted by molar-refractivity contribution is 9.10. The second-order valence-electron chi connectivity index (χ2n) is 2.85. The number of aromatic nitrogens is 2. The van der Waals surface area contributed by atoms with Crippen molar-refractivity contribution in [2.75, 3.05) is 5.73 Å². The zero-order valence-electron chi connectivity index (χ0n) is 7.24. The van der Waals surface area contributed by atoms with Crippen LogP contribution in [-0.2, 0) is 0 Å². The molecule has 78 valence electrons. The van der Waals surface area contributed by atoms with Gasteiger partial charge in [0.05, 0.1) is 9.50 Å². The van der Waals surface area contributed by atoms with Crippen molar-refractivity contribution in [3.63, 3.8) is 0 Å². The first-order valence-corrected chi connectivity index (χ1v) is 5.03. The molecule has 2 aromatic rings. The van der Waals surface area contributed by atoms with Crippen LogP contribution >= 0.6 is 27.5 Å². The first kappa shape index (κ1) is 10.3. The van der Waals surface area contributed by atoms with E-state index in [1.807, 2.05) is 0 Å². The van der Waals surface area contributed by atoms with Gasteiger partial charge in [-0.1, -0.05) is 11.6 Å². The number of hydrogen-bond donors (Lipinski definition) is 2. The lowest BCUT2D eigenvalue weighted by atomic mass is 10.4. The molecule has 2 rings (SSSR count). The van der Waals surface area contributed by atoms with Crippen molar-refractivity contribution in [1.82, 2.24) is 9.38 Å². The molecular weight excluding hydrogens is 285 g/mol. The summed E-state index contributed by atoms with van der Waals surface area (Å²) in [5, 5.41) is 9.26. The first-order chi connectivity index (χ1) is 7.00. The fraction of sp³-hybridized carbons (Fsp3) is 0. The van der Waals surface area contributed by atoms with Crippen molar-refractivity contribution in [3.05, 3.63) is 27.5 Å². The van der Waals surface area contributed by atoms with Crippen molar-refractivity contribution in [1.29, 1.82) is 0 Å². The molecule has 0 amide bonds. The highest BCUT2D eigenvalue weighted by Crippen LogP contribution is 2.25. The molecule has 0 aromatic carbocycles. The molecule has 0 fully saturated rings. The molecule has 0 atom stereocenters. The molecule has 2 aromatic heterocycles. The fourth-order valence-corrected chi connectivity index (χ4v) is 2.11. The van der Waals surface area contributed by atoms with E-state index in [0.717, 1.165) is 0 Å². The van der Waals surface area contributed by atoms with Crippen molar-refractivity contribution in [3.8, 4) is 0 Å². The number of nitrogens with zero attached hydrogens (tertiary/aromatic N) is 2. The van der Waals surface area contributed by atoms with Crippen molar-refractivity contribution in [2.45, 2.75) is 0 Å². The summed E-state index contributed by atoms with van der Waals surface area (Å²) in [6, 6.07) is 1.62. The number of anilines is 1. The van der Waals surface area contributed by atoms with Gasteiger partial charge in [-0.15, -0.1) is 0 Å². The number of imidazole rings is 1. The predicted octanol–water partition coefficient (Wildman–Crippen LogP) is 2.03. The normalized spacial score (nSPS) is 10.8. The SMILES string of the molecule is Nc1c(C(=O)O)nc2c(Br)cc(Cl)cn12. The van der Waals surface area contributed by atoms with E-state index < -0.39 is 5.97 Å². The van der Waals surface area contributed by atoms with E-state index in [9.17, 15) is 4.79 Å². The van der Waals surface area contributed by atoms with Crippen molar-refractivity contribution < 1.29 is 9.90 Å². The zero-order valence-corrected chi connectivity index (χ0v) is 9.58. The number of nitrogen functional groups attached to an aromatic ring is 1. The molecule has 3 N–H and O–H groups in total. The first-order valence-electron chi connectivity index (χ1n) is 3.86. The van der Waals surface area contributed by atoms with Gasteiger partial charge in [-0.2, -0.15) is 0 Å². The summed E-state index contributed by atoms with van der Waals surface area (Å²) in [5.74, 6) is -1.11. The smallest absolute Gasteiger partial charge is 0.358 e. The summed E-state index contributed by atoms with van der Waals surface area (Å²) in [4.78, 5) is 14.7. The van der Waals surface area contributed by atoms with E-state index >= 15 is 0 Å². The van der Waals surface area contributed by atoms with E-state index in [4.69, 9.17) is 22.4 Å². The fourth-order valence-electron chi connectivity index (χ4n) is 1.25. The van der Waals surface area contributed by atoms with Crippen LogP contribution in [-0.4, -0.2) is 20.5 Å². The number of fused-ring (bicyclic) bond motifs is 1. The van der Waals surface area contributed by atoms with Crippen LogP contribution in [0.1, 0.15) is 10.5 Å². The van der Waals surface area contributed by atoms with Gasteiger partial charge in [0.15, 0.2) is 11.3 Å². The van der Waals surface area contributed by atoms with Crippen LogP contribution in [0.15, 0.2) is 16.7 Å². The minimum Gasteiger partial charge on any atom is -0.476 e. The number of carboxylic acid groups (broad SMARTS) is 1. The minimum absolute atomic E-state index is 0.0562. The highest BCUT2D eigenvalue weighted by Gasteiger charge is 2.17. The minimum atomic E-state index is -1.17. The Kier molecular flexibility index (Phi) is 2.32. The Morgan fingerprint density at radius 3 is 2.93 bits per heavy atom. The topological polar surface area (TPSA) is 80.6 Å². The van der Waals surface area contributed by atoms with E-state index in [-0.39, 0.29) is 11.5 Å². The molecule has 0 aliphatic carbocycles. The summed E-state index contributed by atoms with van der Waals surface area (Å²) in [5.41, 5.74) is 5.86. The maximum Gasteiger partial charge on any atom is 0.358 e. The van der Waals surface area contributed by atoms with E-state index in [1.165, 1.54) is 10.6 Å². The Hall–Kier alpha value is -1.27. The average Bonchev–Trinajstić information content (AvgIpc) is 2.44. The second kappa shape index (κ2) is 3.39. The average molecular weight is 291 g/mol. The summed E-state index contributed by atoms with van der Waals surface area (Å²) in [6.07, 6.45) is 1.51. The number of halogens is 2. The monoisotopic (exact) mass is 289 g/mol. The molecule has 0 spiro atoms. The Morgan fingerprint density at radius 2 is 2.33 bits per heavy atom. The quantitative estimate of drug-likeness (QED) is 0.842. The Balaban J connectivity index is 2.88. The van der Waals surface area contributed by atoms with E-state index in [0.29, 0.717) is 15.1 Å². The molecule has 0 saturated carbocycles. The molecule has 5 nitrogen and oxygen atoms in total. The molecule has 7 heteroatoms. The van der Waals surface area contributed by atoms with Crippen LogP contribution in [0.25, 0.3) is 5.65 Å². The van der Waals surface area contributed by atoms with Crippen LogP contribution in [0.2, 0.25) is 5.02 Å². The van der Waals surface area contributed by atoms with Gasteiger partial charge in [-0.05, 0) is 22.0 Å². The Morgan fingerprint density at radius 1 is 1.67 bits per heavy atom. The molecule has 0 bridgehead atoms. The molecule has 15 heavy (non-hydrogen) atoms. The molecule has 0 aliphatic rings. The van der Waals surface area contributed by atoms with Crippen LogP contribution in [0, 0.1) is 0 Å². The van der Waals surface area contributed by atoms with Crippen LogP contribution in [0.4, 0.5) is 5.82 Å². The van der Waals surface area contributed by atoms with Crippen molar-refractivity contribution >= 4 is 45.0 Å². The van der Waals surface area contributed by atoms with Crippen LogP contribution in [0.3, 0.4) is 0 Å². The van der Waals surface area contributed by atoms with Crippen molar-refractivity contribution in [2.24, 2.45) is 0 Å². The van der Waals surface area contributed by atoms with Gasteiger partial charge in [0, 0.05) is 6.20 Å². The van der Waals surface area contributed by atoms with Crippen LogP contribution < -0.4 is 5.73 Å². The van der Waals surface area contributed by atoms with Gasteiger partial charge >= 0.3 is 5.97 Å². The summed E-state index contributed by atoms with van der Waals surface area (Å²) in [6.45, 7) is 0. The number of rotatable bonds is 1. The predicted molar refractivity (Wildman–Crippen MR) is 59.3 cm³/mol. The molecular formula is C8H5BrClN3O2. The number of aromatic carboxylic acids is 1. The number of carbonyl (C=O) groups is 1. The lowest BCUT2D eigenvalue weighted by Gasteiger charge is -1.98. The number of carboxylic acids is 1. The summed E-state index contributed by atoms with van der Waals surface area (Å²) < 4.78 is 2.02. The van der Waals surface area contributed by atoms with Crippen LogP contribution in [0.5, 0.6) is 0 Å². The largest absolute Gasteiger partial charge is 0.476 e. The summed E-state index contributed by atoms with van der Waals surface area (Å²) in [7, 11) is 0. The lowest BCUT2D eigenvalue weighted by molar-refractivity contribution is 0.0692. The Labute approximate surface area is 97.6 Å². The third-order valence-electron chi connectivity index (χ3n) is 1.88.